The molecule has 1 aromatic heterocycles. The number of methoxy groups -OCH3 is 1. The summed E-state index contributed by atoms with van der Waals surface area (Å²) >= 11 is 0.888. The third-order valence-electron chi connectivity index (χ3n) is 2.56. The summed E-state index contributed by atoms with van der Waals surface area (Å²) in [5.41, 5.74) is 5.78. The lowest BCUT2D eigenvalue weighted by molar-refractivity contribution is 0.0601. The lowest BCUT2D eigenvalue weighted by Gasteiger charge is -2.08. The van der Waals surface area contributed by atoms with Crippen LogP contribution in [0.2, 0.25) is 0 Å². The Hall–Kier alpha value is -2.35. The summed E-state index contributed by atoms with van der Waals surface area (Å²) in [5.74, 6) is -1.28. The molecule has 0 aliphatic carbocycles. The van der Waals surface area contributed by atoms with Crippen molar-refractivity contribution in [2.75, 3.05) is 12.8 Å². The molecule has 0 atom stereocenters. The van der Waals surface area contributed by atoms with E-state index in [0.29, 0.717) is 5.69 Å². The normalized spacial score (nSPS) is 10.4. The summed E-state index contributed by atoms with van der Waals surface area (Å²) in [6.45, 7) is 1.65. The van der Waals surface area contributed by atoms with Gasteiger partial charge < -0.3 is 15.5 Å². The van der Waals surface area contributed by atoms with Crippen LogP contribution in [0.4, 0.5) is 10.1 Å². The number of aromatic nitrogens is 2. The van der Waals surface area contributed by atoms with Crippen LogP contribution in [-0.2, 0) is 4.74 Å². The largest absolute Gasteiger partial charge is 0.465 e. The smallest absolute Gasteiger partial charge is 0.339 e. The minimum absolute atomic E-state index is 0.0191. The predicted molar refractivity (Wildman–Crippen MR) is 75.9 cm³/mol. The Balaban J connectivity index is 2.44. The van der Waals surface area contributed by atoms with E-state index in [1.165, 1.54) is 19.2 Å². The first kappa shape index (κ1) is 15.0. The fourth-order valence-corrected chi connectivity index (χ4v) is 2.52. The molecule has 0 unspecified atom stereocenters. The minimum Gasteiger partial charge on any atom is -0.465 e. The monoisotopic (exact) mass is 309 g/mol. The highest BCUT2D eigenvalue weighted by Gasteiger charge is 2.16. The number of carbonyl (C=O) groups excluding carboxylic acids is 1. The van der Waals surface area contributed by atoms with Crippen molar-refractivity contribution in [3.8, 4) is 0 Å². The van der Waals surface area contributed by atoms with Gasteiger partial charge >= 0.3 is 5.97 Å². The van der Waals surface area contributed by atoms with E-state index in [-0.39, 0.29) is 26.9 Å². The molecule has 0 saturated carbocycles. The van der Waals surface area contributed by atoms with Crippen molar-refractivity contribution in [2.45, 2.75) is 17.0 Å². The molecule has 21 heavy (non-hydrogen) atoms. The number of nitrogen functional groups attached to an aromatic ring is 1. The lowest BCUT2D eigenvalue weighted by atomic mass is 10.2. The van der Waals surface area contributed by atoms with Crippen LogP contribution in [0.25, 0.3) is 0 Å². The molecule has 0 amide bonds. The van der Waals surface area contributed by atoms with Gasteiger partial charge in [-0.05, 0) is 30.8 Å². The summed E-state index contributed by atoms with van der Waals surface area (Å²) in [6, 6.07) is 3.62. The van der Waals surface area contributed by atoms with Crippen LogP contribution in [0.3, 0.4) is 0 Å². The van der Waals surface area contributed by atoms with Crippen molar-refractivity contribution in [1.29, 1.82) is 0 Å². The number of halogens is 1. The molecule has 3 N–H and O–H groups in total. The van der Waals surface area contributed by atoms with Gasteiger partial charge in [0.05, 0.1) is 17.6 Å². The fourth-order valence-electron chi connectivity index (χ4n) is 1.64. The van der Waals surface area contributed by atoms with E-state index in [9.17, 15) is 14.0 Å². The van der Waals surface area contributed by atoms with Gasteiger partial charge in [-0.25, -0.2) is 14.2 Å². The maximum absolute atomic E-state index is 13.9. The van der Waals surface area contributed by atoms with Crippen LogP contribution < -0.4 is 11.3 Å². The Bertz CT molecular complexity index is 761. The third-order valence-corrected chi connectivity index (χ3v) is 3.48. The van der Waals surface area contributed by atoms with Crippen molar-refractivity contribution in [3.05, 3.63) is 45.6 Å². The van der Waals surface area contributed by atoms with Crippen LogP contribution in [-0.4, -0.2) is 23.0 Å². The number of aryl methyl sites for hydroxylation is 1. The van der Waals surface area contributed by atoms with Crippen LogP contribution in [0, 0.1) is 12.7 Å². The zero-order valence-corrected chi connectivity index (χ0v) is 12.1. The van der Waals surface area contributed by atoms with Crippen molar-refractivity contribution < 1.29 is 13.9 Å². The lowest BCUT2D eigenvalue weighted by Crippen LogP contribution is -2.09. The molecule has 0 fully saturated rings. The Morgan fingerprint density at radius 3 is 2.76 bits per heavy atom. The van der Waals surface area contributed by atoms with Gasteiger partial charge in [0.25, 0.3) is 5.56 Å². The summed E-state index contributed by atoms with van der Waals surface area (Å²) in [6.07, 6.45) is 0. The topological polar surface area (TPSA) is 98.1 Å². The predicted octanol–water partition coefficient (Wildman–Crippen LogP) is 1.74. The van der Waals surface area contributed by atoms with E-state index in [2.05, 4.69) is 14.7 Å². The number of esters is 1. The number of carbonyl (C=O) groups is 1. The average Bonchev–Trinajstić information content (AvgIpc) is 2.40. The number of nitrogens with one attached hydrogen (secondary N) is 1. The fraction of sp³-hybridized carbons (Fsp3) is 0.154. The molecule has 0 aliphatic rings. The van der Waals surface area contributed by atoms with Gasteiger partial charge in [0, 0.05) is 17.4 Å². The highest BCUT2D eigenvalue weighted by Crippen LogP contribution is 2.30. The van der Waals surface area contributed by atoms with Crippen molar-refractivity contribution >= 4 is 23.4 Å². The first-order valence-electron chi connectivity index (χ1n) is 5.84. The first-order valence-corrected chi connectivity index (χ1v) is 6.65. The Labute approximate surface area is 123 Å². The maximum Gasteiger partial charge on any atom is 0.339 e. The van der Waals surface area contributed by atoms with Crippen LogP contribution in [0.1, 0.15) is 16.1 Å². The number of nitrogens with two attached hydrogens (primary N) is 1. The standard InChI is InChI=1S/C13H12FN3O3S/c1-6-3-11(18)17-13(16-6)21-10-4-7(12(19)20-2)9(15)5-8(10)14/h3-5H,15H2,1-2H3,(H,16,17,18). The van der Waals surface area contributed by atoms with Crippen molar-refractivity contribution in [3.63, 3.8) is 0 Å². The summed E-state index contributed by atoms with van der Waals surface area (Å²) in [5, 5.41) is 0.222. The van der Waals surface area contributed by atoms with Crippen molar-refractivity contribution in [1.82, 2.24) is 9.97 Å². The van der Waals surface area contributed by atoms with Gasteiger partial charge in [-0.1, -0.05) is 0 Å². The molecule has 0 spiro atoms. The maximum atomic E-state index is 13.9. The molecule has 0 bridgehead atoms. The Morgan fingerprint density at radius 2 is 2.14 bits per heavy atom. The summed E-state index contributed by atoms with van der Waals surface area (Å²) in [4.78, 5) is 29.6. The van der Waals surface area contributed by atoms with Crippen LogP contribution in [0.5, 0.6) is 0 Å². The van der Waals surface area contributed by atoms with Crippen molar-refractivity contribution in [2.24, 2.45) is 0 Å². The molecule has 0 radical (unpaired) electrons. The number of aromatic amines is 1. The molecule has 110 valence electrons. The number of hydrogen-bond acceptors (Lipinski definition) is 6. The summed E-state index contributed by atoms with van der Waals surface area (Å²) < 4.78 is 18.5. The molecule has 0 saturated heterocycles. The second-order valence-electron chi connectivity index (χ2n) is 4.16. The number of anilines is 1. The highest BCUT2D eigenvalue weighted by atomic mass is 32.2. The molecule has 2 aromatic rings. The number of H-pyrrole nitrogens is 1. The molecule has 1 aromatic carbocycles. The van der Waals surface area contributed by atoms with Gasteiger partial charge in [-0.15, -0.1) is 0 Å². The van der Waals surface area contributed by atoms with E-state index in [4.69, 9.17) is 5.73 Å². The molecule has 2 rings (SSSR count). The van der Waals surface area contributed by atoms with Crippen LogP contribution in [0.15, 0.2) is 33.0 Å². The SMILES string of the molecule is COC(=O)c1cc(Sc2nc(C)cc(=O)[nH]2)c(F)cc1N. The Kier molecular flexibility index (Phi) is 4.27. The number of hydrogen-bond donors (Lipinski definition) is 2. The van der Waals surface area contributed by atoms with Gasteiger partial charge in [-0.3, -0.25) is 4.79 Å². The molecular formula is C13H12FN3O3S. The van der Waals surface area contributed by atoms with Gasteiger partial charge in [0.2, 0.25) is 0 Å². The number of benzene rings is 1. The highest BCUT2D eigenvalue weighted by molar-refractivity contribution is 7.99. The van der Waals surface area contributed by atoms with E-state index in [1.807, 2.05) is 0 Å². The van der Waals surface area contributed by atoms with Gasteiger partial charge in [0.1, 0.15) is 5.82 Å². The Morgan fingerprint density at radius 1 is 1.43 bits per heavy atom. The van der Waals surface area contributed by atoms with Crippen LogP contribution >= 0.6 is 11.8 Å². The van der Waals surface area contributed by atoms with Gasteiger partial charge in [0.15, 0.2) is 5.16 Å². The molecule has 0 aliphatic heterocycles. The van der Waals surface area contributed by atoms with E-state index in [1.54, 1.807) is 6.92 Å². The first-order chi connectivity index (χ1) is 9.90. The number of ether oxygens (including phenoxy) is 1. The molecular weight excluding hydrogens is 297 g/mol. The molecule has 8 heteroatoms. The zero-order valence-electron chi connectivity index (χ0n) is 11.3. The minimum atomic E-state index is -0.667. The molecule has 6 nitrogen and oxygen atoms in total. The van der Waals surface area contributed by atoms with E-state index >= 15 is 0 Å². The number of rotatable bonds is 3. The van der Waals surface area contributed by atoms with E-state index < -0.39 is 11.8 Å². The number of nitrogens with zero attached hydrogens (tertiary/aromatic N) is 1. The zero-order chi connectivity index (χ0) is 15.6. The van der Waals surface area contributed by atoms with E-state index in [0.717, 1.165) is 17.8 Å². The quantitative estimate of drug-likeness (QED) is 0.509. The average molecular weight is 309 g/mol. The van der Waals surface area contributed by atoms with Gasteiger partial charge in [-0.2, -0.15) is 0 Å². The second-order valence-corrected chi connectivity index (χ2v) is 5.19. The second kappa shape index (κ2) is 5.96. The molecule has 1 heterocycles. The summed E-state index contributed by atoms with van der Waals surface area (Å²) in [7, 11) is 1.21. The third kappa shape index (κ3) is 3.40.